The molecule has 0 atom stereocenters. The van der Waals surface area contributed by atoms with E-state index in [4.69, 9.17) is 22.1 Å². The lowest BCUT2D eigenvalue weighted by Crippen LogP contribution is -2.05. The lowest BCUT2D eigenvalue weighted by Gasteiger charge is -2.06. The molecule has 0 aliphatic heterocycles. The number of carbonyl (C=O) groups is 1. The maximum absolute atomic E-state index is 12.0. The molecule has 0 unspecified atom stereocenters. The summed E-state index contributed by atoms with van der Waals surface area (Å²) < 4.78 is 5.87. The summed E-state index contributed by atoms with van der Waals surface area (Å²) in [6, 6.07) is 5.71. The second-order valence-corrected chi connectivity index (χ2v) is 6.58. The highest BCUT2D eigenvalue weighted by atomic mass is 79.9. The first kappa shape index (κ1) is 16.3. The van der Waals surface area contributed by atoms with E-state index in [-0.39, 0.29) is 5.97 Å². The maximum atomic E-state index is 12.0. The highest BCUT2D eigenvalue weighted by molar-refractivity contribution is 9.10. The van der Waals surface area contributed by atoms with Crippen LogP contribution in [0.2, 0.25) is 5.02 Å². The van der Waals surface area contributed by atoms with Crippen LogP contribution in [0.3, 0.4) is 0 Å². The van der Waals surface area contributed by atoms with Crippen molar-refractivity contribution < 1.29 is 9.53 Å². The maximum Gasteiger partial charge on any atom is 0.350 e. The molecule has 3 nitrogen and oxygen atoms in total. The number of anilines is 1. The Labute approximate surface area is 141 Å². The third kappa shape index (κ3) is 3.10. The lowest BCUT2D eigenvalue weighted by atomic mass is 10.1. The van der Waals surface area contributed by atoms with Crippen LogP contribution < -0.4 is 5.73 Å². The number of hydrogen-bond acceptors (Lipinski definition) is 4. The van der Waals surface area contributed by atoms with Crippen LogP contribution in [0.1, 0.15) is 29.1 Å². The molecule has 0 saturated heterocycles. The average molecular weight is 389 g/mol. The molecule has 0 aliphatic rings. The van der Waals surface area contributed by atoms with Gasteiger partial charge in [-0.2, -0.15) is 0 Å². The van der Waals surface area contributed by atoms with Gasteiger partial charge in [0, 0.05) is 14.9 Å². The molecule has 2 aromatic rings. The van der Waals surface area contributed by atoms with Crippen molar-refractivity contribution in [1.82, 2.24) is 0 Å². The monoisotopic (exact) mass is 387 g/mol. The fourth-order valence-electron chi connectivity index (χ4n) is 2.07. The molecule has 0 radical (unpaired) electrons. The highest BCUT2D eigenvalue weighted by Gasteiger charge is 2.23. The van der Waals surface area contributed by atoms with Crippen LogP contribution in [0.15, 0.2) is 22.7 Å². The third-order valence-corrected chi connectivity index (χ3v) is 5.62. The van der Waals surface area contributed by atoms with Gasteiger partial charge in [0.2, 0.25) is 0 Å². The molecule has 1 aromatic heterocycles. The van der Waals surface area contributed by atoms with Gasteiger partial charge in [0.1, 0.15) is 4.88 Å². The van der Waals surface area contributed by atoms with E-state index in [9.17, 15) is 4.79 Å². The van der Waals surface area contributed by atoms with Crippen LogP contribution in [0, 0.1) is 0 Å². The summed E-state index contributed by atoms with van der Waals surface area (Å²) in [5.74, 6) is -0.382. The van der Waals surface area contributed by atoms with Crippen molar-refractivity contribution in [3.05, 3.63) is 38.1 Å². The zero-order chi connectivity index (χ0) is 15.6. The Morgan fingerprint density at radius 1 is 1.43 bits per heavy atom. The minimum Gasteiger partial charge on any atom is -0.462 e. The molecule has 0 bridgehead atoms. The summed E-state index contributed by atoms with van der Waals surface area (Å²) in [6.07, 6.45) is 0.722. The van der Waals surface area contributed by atoms with Gasteiger partial charge in [0.25, 0.3) is 0 Å². The van der Waals surface area contributed by atoms with E-state index in [1.165, 1.54) is 11.3 Å². The summed E-state index contributed by atoms with van der Waals surface area (Å²) >= 11 is 11.1. The molecule has 112 valence electrons. The number of nitrogen functional groups attached to an aromatic ring is 1. The van der Waals surface area contributed by atoms with Gasteiger partial charge in [-0.25, -0.2) is 4.79 Å². The Morgan fingerprint density at radius 2 is 2.14 bits per heavy atom. The Kier molecular flexibility index (Phi) is 5.30. The Bertz CT molecular complexity index is 685. The molecular formula is C15H15BrClNO2S. The van der Waals surface area contributed by atoms with Crippen molar-refractivity contribution in [2.45, 2.75) is 20.3 Å². The van der Waals surface area contributed by atoms with Crippen molar-refractivity contribution in [2.24, 2.45) is 0 Å². The van der Waals surface area contributed by atoms with Gasteiger partial charge >= 0.3 is 5.97 Å². The molecule has 2 N–H and O–H groups in total. The summed E-state index contributed by atoms with van der Waals surface area (Å²) in [6.45, 7) is 4.10. The molecule has 0 amide bonds. The first-order valence-corrected chi connectivity index (χ1v) is 8.52. The molecule has 0 spiro atoms. The van der Waals surface area contributed by atoms with Crippen LogP contribution in [-0.2, 0) is 11.2 Å². The molecule has 0 fully saturated rings. The number of benzene rings is 1. The van der Waals surface area contributed by atoms with Gasteiger partial charge < -0.3 is 10.5 Å². The molecular weight excluding hydrogens is 374 g/mol. The number of esters is 1. The number of rotatable bonds is 4. The molecule has 1 heterocycles. The molecule has 21 heavy (non-hydrogen) atoms. The van der Waals surface area contributed by atoms with Crippen molar-refractivity contribution in [2.75, 3.05) is 12.3 Å². The van der Waals surface area contributed by atoms with Crippen molar-refractivity contribution in [3.63, 3.8) is 0 Å². The topological polar surface area (TPSA) is 52.3 Å². The van der Waals surface area contributed by atoms with Crippen LogP contribution in [0.5, 0.6) is 0 Å². The number of nitrogens with two attached hydrogens (primary N) is 1. The van der Waals surface area contributed by atoms with E-state index in [0.29, 0.717) is 22.2 Å². The Hall–Kier alpha value is -1.04. The number of halogens is 2. The van der Waals surface area contributed by atoms with E-state index < -0.39 is 0 Å². The van der Waals surface area contributed by atoms with E-state index >= 15 is 0 Å². The van der Waals surface area contributed by atoms with E-state index in [2.05, 4.69) is 15.9 Å². The molecule has 1 aromatic carbocycles. The highest BCUT2D eigenvalue weighted by Crippen LogP contribution is 2.43. The Morgan fingerprint density at radius 3 is 2.76 bits per heavy atom. The molecule has 2 rings (SSSR count). The number of ether oxygens (including phenoxy) is 1. The SMILES string of the molecule is CCOC(=O)c1sc(-c2cccc(Br)c2Cl)c(CC)c1N. The van der Waals surface area contributed by atoms with Crippen molar-refractivity contribution in [3.8, 4) is 10.4 Å². The molecule has 6 heteroatoms. The number of thiophene rings is 1. The smallest absolute Gasteiger partial charge is 0.350 e. The Balaban J connectivity index is 2.61. The summed E-state index contributed by atoms with van der Waals surface area (Å²) in [5.41, 5.74) is 8.42. The lowest BCUT2D eigenvalue weighted by molar-refractivity contribution is 0.0533. The van der Waals surface area contributed by atoms with Crippen molar-refractivity contribution in [1.29, 1.82) is 0 Å². The fraction of sp³-hybridized carbons (Fsp3) is 0.267. The van der Waals surface area contributed by atoms with Gasteiger partial charge in [-0.1, -0.05) is 30.7 Å². The number of carbonyl (C=O) groups excluding carboxylic acids is 1. The molecule has 0 saturated carbocycles. The minimum absolute atomic E-state index is 0.324. The normalized spacial score (nSPS) is 10.7. The average Bonchev–Trinajstić information content (AvgIpc) is 2.79. The van der Waals surface area contributed by atoms with Crippen LogP contribution >= 0.6 is 38.9 Å². The second-order valence-electron chi connectivity index (χ2n) is 4.33. The van der Waals surface area contributed by atoms with Gasteiger partial charge in [0.05, 0.1) is 17.3 Å². The van der Waals surface area contributed by atoms with Crippen LogP contribution in [-0.4, -0.2) is 12.6 Å². The number of hydrogen-bond donors (Lipinski definition) is 1. The van der Waals surface area contributed by atoms with Gasteiger partial charge in [-0.05, 0) is 40.9 Å². The second kappa shape index (κ2) is 6.81. The zero-order valence-electron chi connectivity index (χ0n) is 11.7. The van der Waals surface area contributed by atoms with E-state index in [1.54, 1.807) is 6.92 Å². The predicted octanol–water partition coefficient (Wildman–Crippen LogP) is 5.15. The summed E-state index contributed by atoms with van der Waals surface area (Å²) in [5, 5.41) is 0.615. The first-order valence-electron chi connectivity index (χ1n) is 6.53. The van der Waals surface area contributed by atoms with Crippen LogP contribution in [0.4, 0.5) is 5.69 Å². The fourth-order valence-corrected chi connectivity index (χ4v) is 3.95. The summed E-state index contributed by atoms with van der Waals surface area (Å²) in [4.78, 5) is 13.4. The van der Waals surface area contributed by atoms with E-state index in [0.717, 1.165) is 26.9 Å². The predicted molar refractivity (Wildman–Crippen MR) is 92.2 cm³/mol. The van der Waals surface area contributed by atoms with Gasteiger partial charge in [0.15, 0.2) is 0 Å². The van der Waals surface area contributed by atoms with E-state index in [1.807, 2.05) is 25.1 Å². The summed E-state index contributed by atoms with van der Waals surface area (Å²) in [7, 11) is 0. The standard InChI is InChI=1S/C15H15BrClNO2S/c1-3-8-12(18)14(15(19)20-4-2)21-13(8)9-6-5-7-10(16)11(9)17/h5-7H,3-4,18H2,1-2H3. The van der Waals surface area contributed by atoms with Gasteiger partial charge in [-0.3, -0.25) is 0 Å². The first-order chi connectivity index (χ1) is 10.0. The third-order valence-electron chi connectivity index (χ3n) is 3.06. The van der Waals surface area contributed by atoms with Gasteiger partial charge in [-0.15, -0.1) is 11.3 Å². The largest absolute Gasteiger partial charge is 0.462 e. The quantitative estimate of drug-likeness (QED) is 0.737. The van der Waals surface area contributed by atoms with Crippen molar-refractivity contribution >= 4 is 50.5 Å². The zero-order valence-corrected chi connectivity index (χ0v) is 14.9. The molecule has 0 aliphatic carbocycles. The van der Waals surface area contributed by atoms with Crippen LogP contribution in [0.25, 0.3) is 10.4 Å². The minimum atomic E-state index is -0.382.